The van der Waals surface area contributed by atoms with Gasteiger partial charge in [0.15, 0.2) is 0 Å². The number of aromatic nitrogens is 1. The third-order valence-corrected chi connectivity index (χ3v) is 3.35. The van der Waals surface area contributed by atoms with Crippen LogP contribution in [0.3, 0.4) is 0 Å². The summed E-state index contributed by atoms with van der Waals surface area (Å²) in [6, 6.07) is 9.88. The number of azide groups is 1. The van der Waals surface area contributed by atoms with Crippen molar-refractivity contribution in [1.29, 1.82) is 0 Å². The molecule has 2 rings (SSSR count). The van der Waals surface area contributed by atoms with Crippen molar-refractivity contribution >= 4 is 17.6 Å². The monoisotopic (exact) mass is 286 g/mol. The summed E-state index contributed by atoms with van der Waals surface area (Å²) in [5.74, 6) is 6.16. The highest BCUT2D eigenvalue weighted by molar-refractivity contribution is 8.00. The zero-order valence-electron chi connectivity index (χ0n) is 11.0. The first kappa shape index (κ1) is 14.2. The quantitative estimate of drug-likeness (QED) is 0.227. The molecule has 102 valence electrons. The van der Waals surface area contributed by atoms with Crippen LogP contribution in [0.2, 0.25) is 0 Å². The van der Waals surface area contributed by atoms with E-state index in [2.05, 4.69) is 21.1 Å². The number of hydrazine groups is 1. The Morgan fingerprint density at radius 1 is 1.35 bits per heavy atom. The number of benzene rings is 1. The number of nitrogens with zero attached hydrogens (tertiary/aromatic N) is 5. The molecule has 0 unspecified atom stereocenters. The van der Waals surface area contributed by atoms with Crippen LogP contribution in [-0.2, 0) is 0 Å². The lowest BCUT2D eigenvalue weighted by Crippen LogP contribution is -2.22. The van der Waals surface area contributed by atoms with Crippen LogP contribution in [0.5, 0.6) is 0 Å². The first-order valence-electron chi connectivity index (χ1n) is 5.91. The molecule has 0 aliphatic heterocycles. The Kier molecular flexibility index (Phi) is 4.84. The Bertz CT molecular complexity index is 638. The highest BCUT2D eigenvalue weighted by atomic mass is 32.2. The lowest BCUT2D eigenvalue weighted by Gasteiger charge is -2.16. The molecule has 1 aromatic carbocycles. The summed E-state index contributed by atoms with van der Waals surface area (Å²) in [5.41, 5.74) is 12.3. The molecule has 0 bridgehead atoms. The first-order valence-corrected chi connectivity index (χ1v) is 6.85. The maximum Gasteiger partial charge on any atom is 0.0935 e. The van der Waals surface area contributed by atoms with Crippen LogP contribution in [-0.4, -0.2) is 10.9 Å². The fraction of sp³-hybridized carbons (Fsp3) is 0.154. The van der Waals surface area contributed by atoms with E-state index >= 15 is 0 Å². The molecular formula is C13H14N6S. The second-order valence-electron chi connectivity index (χ2n) is 4.12. The highest BCUT2D eigenvalue weighted by Crippen LogP contribution is 2.26. The van der Waals surface area contributed by atoms with Crippen molar-refractivity contribution in [2.75, 3.05) is 10.3 Å². The molecule has 2 N–H and O–H groups in total. The zero-order chi connectivity index (χ0) is 14.4. The molecule has 1 heterocycles. The van der Waals surface area contributed by atoms with E-state index in [0.29, 0.717) is 0 Å². The minimum Gasteiger partial charge on any atom is -0.264 e. The van der Waals surface area contributed by atoms with E-state index in [1.54, 1.807) is 0 Å². The molecule has 0 atom stereocenters. The minimum atomic E-state index is 0.253. The van der Waals surface area contributed by atoms with Crippen molar-refractivity contribution in [3.05, 3.63) is 58.7 Å². The van der Waals surface area contributed by atoms with Crippen molar-refractivity contribution in [2.45, 2.75) is 6.92 Å². The van der Waals surface area contributed by atoms with Crippen LogP contribution in [0.25, 0.3) is 21.6 Å². The molecule has 0 saturated heterocycles. The standard InChI is InChI=1S/C13H14N6S/c1-10-5-12(8-16-7-10)11-3-2-4-13(6-11)19(15)20-9-17-18-14/h2-8H,9,15H2,1H3. The number of rotatable bonds is 5. The Hall–Kier alpha value is -2.21. The van der Waals surface area contributed by atoms with Crippen molar-refractivity contribution < 1.29 is 0 Å². The second-order valence-corrected chi connectivity index (χ2v) is 5.03. The molecule has 1 aromatic heterocycles. The number of anilines is 1. The van der Waals surface area contributed by atoms with E-state index < -0.39 is 0 Å². The van der Waals surface area contributed by atoms with Crippen LogP contribution in [0, 0.1) is 6.92 Å². The average molecular weight is 286 g/mol. The van der Waals surface area contributed by atoms with Gasteiger partial charge in [0.1, 0.15) is 0 Å². The van der Waals surface area contributed by atoms with Gasteiger partial charge >= 0.3 is 0 Å². The SMILES string of the molecule is Cc1cncc(-c2cccc(N(N)SCN=[N+]=[N-])c2)c1. The first-order chi connectivity index (χ1) is 9.70. The molecule has 7 heteroatoms. The van der Waals surface area contributed by atoms with Gasteiger partial charge < -0.3 is 0 Å². The lowest BCUT2D eigenvalue weighted by atomic mass is 10.1. The number of pyridine rings is 1. The minimum absolute atomic E-state index is 0.253. The van der Waals surface area contributed by atoms with Crippen LogP contribution < -0.4 is 10.3 Å². The van der Waals surface area contributed by atoms with Crippen molar-refractivity contribution in [2.24, 2.45) is 11.0 Å². The molecule has 20 heavy (non-hydrogen) atoms. The average Bonchev–Trinajstić information content (AvgIpc) is 2.47. The van der Waals surface area contributed by atoms with Crippen molar-refractivity contribution in [3.8, 4) is 11.1 Å². The van der Waals surface area contributed by atoms with Gasteiger partial charge in [-0.3, -0.25) is 9.40 Å². The normalized spacial score (nSPS) is 9.90. The van der Waals surface area contributed by atoms with Crippen molar-refractivity contribution in [3.63, 3.8) is 0 Å². The highest BCUT2D eigenvalue weighted by Gasteiger charge is 2.05. The van der Waals surface area contributed by atoms with Crippen LogP contribution in [0.4, 0.5) is 5.69 Å². The van der Waals surface area contributed by atoms with Gasteiger partial charge in [0, 0.05) is 22.9 Å². The third kappa shape index (κ3) is 3.64. The predicted octanol–water partition coefficient (Wildman–Crippen LogP) is 3.65. The number of aryl methyl sites for hydroxylation is 1. The topological polar surface area (TPSA) is 90.9 Å². The fourth-order valence-corrected chi connectivity index (χ4v) is 2.21. The van der Waals surface area contributed by atoms with Gasteiger partial charge in [-0.1, -0.05) is 17.2 Å². The van der Waals surface area contributed by atoms with Gasteiger partial charge in [0.05, 0.1) is 11.6 Å². The Morgan fingerprint density at radius 3 is 2.95 bits per heavy atom. The summed E-state index contributed by atoms with van der Waals surface area (Å²) in [7, 11) is 0. The molecule has 6 nitrogen and oxygen atoms in total. The molecule has 0 radical (unpaired) electrons. The molecule has 2 aromatic rings. The number of hydrogen-bond acceptors (Lipinski definition) is 5. The van der Waals surface area contributed by atoms with Crippen LogP contribution in [0.1, 0.15) is 5.56 Å². The molecule has 0 fully saturated rings. The maximum absolute atomic E-state index is 8.25. The molecule has 0 aliphatic carbocycles. The van der Waals surface area contributed by atoms with E-state index in [9.17, 15) is 0 Å². The number of nitrogens with two attached hydrogens (primary N) is 1. The third-order valence-electron chi connectivity index (χ3n) is 2.63. The molecule has 0 amide bonds. The largest absolute Gasteiger partial charge is 0.264 e. The predicted molar refractivity (Wildman–Crippen MR) is 82.7 cm³/mol. The maximum atomic E-state index is 8.25. The van der Waals surface area contributed by atoms with Crippen LogP contribution in [0.15, 0.2) is 47.8 Å². The van der Waals surface area contributed by atoms with E-state index in [1.807, 2.05) is 43.6 Å². The Labute approximate surface area is 121 Å². The Balaban J connectivity index is 2.21. The van der Waals surface area contributed by atoms with Crippen molar-refractivity contribution in [1.82, 2.24) is 4.98 Å². The summed E-state index contributed by atoms with van der Waals surface area (Å²) >= 11 is 1.24. The molecule has 0 spiro atoms. The Morgan fingerprint density at radius 2 is 2.20 bits per heavy atom. The molecule has 0 aliphatic rings. The van der Waals surface area contributed by atoms with Gasteiger partial charge in [0.25, 0.3) is 0 Å². The van der Waals surface area contributed by atoms with Gasteiger partial charge in [0.2, 0.25) is 0 Å². The molecular weight excluding hydrogens is 272 g/mol. The second kappa shape index (κ2) is 6.81. The van der Waals surface area contributed by atoms with E-state index in [0.717, 1.165) is 22.4 Å². The lowest BCUT2D eigenvalue weighted by molar-refractivity contribution is 1.19. The molecule has 0 saturated carbocycles. The van der Waals surface area contributed by atoms with Gasteiger partial charge in [-0.15, -0.1) is 0 Å². The summed E-state index contributed by atoms with van der Waals surface area (Å²) < 4.78 is 1.49. The summed E-state index contributed by atoms with van der Waals surface area (Å²) in [6.45, 7) is 2.01. The summed E-state index contributed by atoms with van der Waals surface area (Å²) in [5, 5.41) is 3.44. The fourth-order valence-electron chi connectivity index (χ4n) is 1.72. The summed E-state index contributed by atoms with van der Waals surface area (Å²) in [6.07, 6.45) is 3.64. The number of hydrogen-bond donors (Lipinski definition) is 1. The van der Waals surface area contributed by atoms with Gasteiger partial charge in [-0.2, -0.15) is 0 Å². The zero-order valence-corrected chi connectivity index (χ0v) is 11.8. The summed E-state index contributed by atoms with van der Waals surface area (Å²) in [4.78, 5) is 6.88. The van der Waals surface area contributed by atoms with E-state index in [4.69, 9.17) is 11.4 Å². The van der Waals surface area contributed by atoms with E-state index in [-0.39, 0.29) is 5.88 Å². The van der Waals surface area contributed by atoms with Gasteiger partial charge in [-0.05, 0) is 53.7 Å². The van der Waals surface area contributed by atoms with Gasteiger partial charge in [-0.25, -0.2) is 5.84 Å². The smallest absolute Gasteiger partial charge is 0.0935 e. The van der Waals surface area contributed by atoms with E-state index in [1.165, 1.54) is 16.4 Å². The van der Waals surface area contributed by atoms with Crippen LogP contribution >= 0.6 is 11.9 Å².